The molecule has 128 valence electrons. The van der Waals surface area contributed by atoms with Gasteiger partial charge >= 0.3 is 0 Å². The molecule has 0 fully saturated rings. The van der Waals surface area contributed by atoms with Crippen molar-refractivity contribution < 1.29 is 4.79 Å². The van der Waals surface area contributed by atoms with Gasteiger partial charge in [0.2, 0.25) is 0 Å². The molecule has 0 spiro atoms. The number of imidazole rings is 1. The quantitative estimate of drug-likeness (QED) is 0.471. The number of anilines is 1. The van der Waals surface area contributed by atoms with Crippen LogP contribution >= 0.6 is 23.2 Å². The number of carbonyl (C=O) groups excluding carboxylic acids is 1. The van der Waals surface area contributed by atoms with E-state index in [9.17, 15) is 4.79 Å². The van der Waals surface area contributed by atoms with Crippen LogP contribution in [0.3, 0.4) is 0 Å². The molecule has 0 aliphatic rings. The van der Waals surface area contributed by atoms with Crippen molar-refractivity contribution in [2.24, 2.45) is 0 Å². The summed E-state index contributed by atoms with van der Waals surface area (Å²) >= 11 is 12.0. The summed E-state index contributed by atoms with van der Waals surface area (Å²) in [5.74, 6) is 0.393. The van der Waals surface area contributed by atoms with E-state index in [1.165, 1.54) is 0 Å². The van der Waals surface area contributed by atoms with E-state index in [0.29, 0.717) is 27.1 Å². The summed E-state index contributed by atoms with van der Waals surface area (Å²) in [6.45, 7) is 0. The maximum atomic E-state index is 12.6. The molecule has 0 unspecified atom stereocenters. The smallest absolute Gasteiger partial charge is 0.255 e. The second kappa shape index (κ2) is 6.83. The molecule has 0 radical (unpaired) electrons. The predicted molar refractivity (Wildman–Crippen MR) is 106 cm³/mol. The molecule has 4 nitrogen and oxygen atoms in total. The highest BCUT2D eigenvalue weighted by atomic mass is 35.5. The van der Waals surface area contributed by atoms with Crippen molar-refractivity contribution in [2.45, 2.75) is 0 Å². The monoisotopic (exact) mass is 381 g/mol. The van der Waals surface area contributed by atoms with Crippen molar-refractivity contribution in [1.82, 2.24) is 9.97 Å². The Morgan fingerprint density at radius 1 is 0.923 bits per heavy atom. The Balaban J connectivity index is 1.70. The molecule has 2 N–H and O–H groups in total. The fourth-order valence-corrected chi connectivity index (χ4v) is 3.28. The molecule has 6 heteroatoms. The molecule has 1 aromatic heterocycles. The Morgan fingerprint density at radius 3 is 2.38 bits per heavy atom. The van der Waals surface area contributed by atoms with Crippen LogP contribution in [0.25, 0.3) is 22.4 Å². The molecule has 0 saturated carbocycles. The molecular weight excluding hydrogens is 369 g/mol. The molecule has 1 amide bonds. The van der Waals surface area contributed by atoms with Gasteiger partial charge in [-0.1, -0.05) is 47.5 Å². The van der Waals surface area contributed by atoms with Gasteiger partial charge in [0.05, 0.1) is 16.7 Å². The van der Waals surface area contributed by atoms with E-state index in [1.54, 1.807) is 18.2 Å². The number of para-hydroxylation sites is 3. The Kier molecular flexibility index (Phi) is 4.37. The van der Waals surface area contributed by atoms with Crippen LogP contribution in [0.1, 0.15) is 10.4 Å². The van der Waals surface area contributed by atoms with Crippen molar-refractivity contribution >= 4 is 45.8 Å². The highest BCUT2D eigenvalue weighted by Crippen LogP contribution is 2.28. The highest BCUT2D eigenvalue weighted by molar-refractivity contribution is 6.35. The fraction of sp³-hybridized carbons (Fsp3) is 0. The zero-order valence-electron chi connectivity index (χ0n) is 13.5. The Morgan fingerprint density at radius 2 is 1.62 bits per heavy atom. The van der Waals surface area contributed by atoms with Crippen molar-refractivity contribution in [3.63, 3.8) is 0 Å². The number of H-pyrrole nitrogens is 1. The summed E-state index contributed by atoms with van der Waals surface area (Å²) in [6.07, 6.45) is 0. The number of halogens is 2. The van der Waals surface area contributed by atoms with E-state index in [2.05, 4.69) is 15.3 Å². The highest BCUT2D eigenvalue weighted by Gasteiger charge is 2.13. The number of nitrogens with zero attached hydrogens (tertiary/aromatic N) is 1. The first-order valence-electron chi connectivity index (χ1n) is 7.92. The van der Waals surface area contributed by atoms with Gasteiger partial charge in [0, 0.05) is 21.2 Å². The number of aromatic nitrogens is 2. The van der Waals surface area contributed by atoms with Gasteiger partial charge in [-0.3, -0.25) is 4.79 Å². The summed E-state index contributed by atoms with van der Waals surface area (Å²) in [7, 11) is 0. The van der Waals surface area contributed by atoms with E-state index < -0.39 is 0 Å². The lowest BCUT2D eigenvalue weighted by molar-refractivity contribution is 0.102. The number of aromatic amines is 1. The third-order valence-electron chi connectivity index (χ3n) is 3.94. The lowest BCUT2D eigenvalue weighted by Crippen LogP contribution is -2.12. The Hall–Kier alpha value is -2.82. The van der Waals surface area contributed by atoms with Gasteiger partial charge in [-0.2, -0.15) is 0 Å². The molecule has 4 rings (SSSR count). The van der Waals surface area contributed by atoms with Gasteiger partial charge in [0.1, 0.15) is 5.82 Å². The largest absolute Gasteiger partial charge is 0.338 e. The maximum absolute atomic E-state index is 12.6. The first kappa shape index (κ1) is 16.6. The normalized spacial score (nSPS) is 10.8. The standard InChI is InChI=1S/C20H13Cl2N3O/c21-13-9-12(10-14(22)11-13)20(26)25-16-6-2-1-5-15(16)19-23-17-7-3-4-8-18(17)24-19/h1-11H,(H,23,24)(H,25,26). The molecule has 3 aromatic carbocycles. The van der Waals surface area contributed by atoms with E-state index >= 15 is 0 Å². The van der Waals surface area contributed by atoms with Crippen LogP contribution in [0.15, 0.2) is 66.7 Å². The number of amides is 1. The van der Waals surface area contributed by atoms with Crippen LogP contribution in [0, 0.1) is 0 Å². The molecule has 0 aliphatic carbocycles. The summed E-state index contributed by atoms with van der Waals surface area (Å²) < 4.78 is 0. The van der Waals surface area contributed by atoms with Crippen LogP contribution in [-0.2, 0) is 0 Å². The van der Waals surface area contributed by atoms with Crippen LogP contribution in [0.4, 0.5) is 5.69 Å². The molecule has 26 heavy (non-hydrogen) atoms. The number of nitrogens with one attached hydrogen (secondary N) is 2. The van der Waals surface area contributed by atoms with Crippen molar-refractivity contribution in [3.8, 4) is 11.4 Å². The van der Waals surface area contributed by atoms with E-state index in [4.69, 9.17) is 23.2 Å². The van der Waals surface area contributed by atoms with Crippen LogP contribution in [-0.4, -0.2) is 15.9 Å². The predicted octanol–water partition coefficient (Wildman–Crippen LogP) is 5.79. The minimum Gasteiger partial charge on any atom is -0.338 e. The second-order valence-electron chi connectivity index (χ2n) is 5.76. The Labute approximate surface area is 159 Å². The Bertz CT molecular complexity index is 1070. The number of hydrogen-bond acceptors (Lipinski definition) is 2. The molecule has 1 heterocycles. The van der Waals surface area contributed by atoms with Gasteiger partial charge < -0.3 is 10.3 Å². The average molecular weight is 382 g/mol. The van der Waals surface area contributed by atoms with Gasteiger partial charge in [0.25, 0.3) is 5.91 Å². The number of carbonyl (C=O) groups is 1. The molecule has 0 bridgehead atoms. The minimum atomic E-state index is -0.294. The third-order valence-corrected chi connectivity index (χ3v) is 4.38. The van der Waals surface area contributed by atoms with Crippen LogP contribution in [0.5, 0.6) is 0 Å². The molecular formula is C20H13Cl2N3O. The zero-order valence-corrected chi connectivity index (χ0v) is 15.0. The minimum absolute atomic E-state index is 0.294. The first-order valence-corrected chi connectivity index (χ1v) is 8.67. The molecule has 0 atom stereocenters. The third kappa shape index (κ3) is 3.29. The average Bonchev–Trinajstić information content (AvgIpc) is 3.05. The fourth-order valence-electron chi connectivity index (χ4n) is 2.76. The maximum Gasteiger partial charge on any atom is 0.255 e. The van der Waals surface area contributed by atoms with E-state index in [-0.39, 0.29) is 5.91 Å². The van der Waals surface area contributed by atoms with E-state index in [0.717, 1.165) is 16.6 Å². The molecule has 4 aromatic rings. The van der Waals surface area contributed by atoms with Crippen LogP contribution in [0.2, 0.25) is 10.0 Å². The van der Waals surface area contributed by atoms with Gasteiger partial charge in [0.15, 0.2) is 0 Å². The molecule has 0 saturated heterocycles. The van der Waals surface area contributed by atoms with Crippen molar-refractivity contribution in [3.05, 3.63) is 82.3 Å². The summed E-state index contributed by atoms with van der Waals surface area (Å²) in [4.78, 5) is 20.5. The molecule has 0 aliphatic heterocycles. The summed E-state index contributed by atoms with van der Waals surface area (Å²) in [6, 6.07) is 20.0. The SMILES string of the molecule is O=C(Nc1ccccc1-c1nc2ccccc2[nH]1)c1cc(Cl)cc(Cl)c1. The number of fused-ring (bicyclic) bond motifs is 1. The van der Waals surface area contributed by atoms with Gasteiger partial charge in [-0.05, 0) is 42.5 Å². The van der Waals surface area contributed by atoms with Gasteiger partial charge in [-0.25, -0.2) is 4.98 Å². The first-order chi connectivity index (χ1) is 12.6. The van der Waals surface area contributed by atoms with Crippen LogP contribution < -0.4 is 5.32 Å². The lowest BCUT2D eigenvalue weighted by Gasteiger charge is -2.10. The lowest BCUT2D eigenvalue weighted by atomic mass is 10.1. The van der Waals surface area contributed by atoms with Crippen molar-refractivity contribution in [1.29, 1.82) is 0 Å². The topological polar surface area (TPSA) is 57.8 Å². The van der Waals surface area contributed by atoms with Crippen molar-refractivity contribution in [2.75, 3.05) is 5.32 Å². The van der Waals surface area contributed by atoms with E-state index in [1.807, 2.05) is 48.5 Å². The second-order valence-corrected chi connectivity index (χ2v) is 6.63. The summed E-state index contributed by atoms with van der Waals surface area (Å²) in [5, 5.41) is 3.73. The number of benzene rings is 3. The van der Waals surface area contributed by atoms with Gasteiger partial charge in [-0.15, -0.1) is 0 Å². The summed E-state index contributed by atoms with van der Waals surface area (Å²) in [5.41, 5.74) is 3.63. The number of hydrogen-bond donors (Lipinski definition) is 2. The zero-order chi connectivity index (χ0) is 18.1. The number of rotatable bonds is 3.